The van der Waals surface area contributed by atoms with Gasteiger partial charge in [-0.2, -0.15) is 0 Å². The molecule has 0 bridgehead atoms. The minimum absolute atomic E-state index is 0.112. The fraction of sp³-hybridized carbons (Fsp3) is 0.200. The number of aromatic nitrogens is 1. The summed E-state index contributed by atoms with van der Waals surface area (Å²) in [6.07, 6.45) is 0.716. The SMILES string of the molecule is O=C(O)N1CC[C@@H](Oc2cccc3cc(S(=O)(=O)c4ccccc4)cnc23)C1. The number of nitrogens with zero attached hydrogens (tertiary/aromatic N) is 2. The first-order valence-corrected chi connectivity index (χ1v) is 10.3. The largest absolute Gasteiger partial charge is 0.486 e. The topological polar surface area (TPSA) is 96.8 Å². The van der Waals surface area contributed by atoms with Crippen molar-refractivity contribution in [2.24, 2.45) is 0 Å². The van der Waals surface area contributed by atoms with Crippen LogP contribution in [0.5, 0.6) is 5.75 Å². The summed E-state index contributed by atoms with van der Waals surface area (Å²) in [5, 5.41) is 9.71. The summed E-state index contributed by atoms with van der Waals surface area (Å²) in [4.78, 5) is 17.0. The number of pyridine rings is 1. The molecule has 1 aliphatic rings. The minimum Gasteiger partial charge on any atom is -0.486 e. The molecule has 0 spiro atoms. The van der Waals surface area contributed by atoms with Crippen molar-refractivity contribution in [3.63, 3.8) is 0 Å². The minimum atomic E-state index is -3.66. The number of likely N-dealkylation sites (tertiary alicyclic amines) is 1. The maximum absolute atomic E-state index is 12.8. The first kappa shape index (κ1) is 18.2. The lowest BCUT2D eigenvalue weighted by atomic mass is 10.2. The van der Waals surface area contributed by atoms with E-state index in [1.807, 2.05) is 0 Å². The Hall–Kier alpha value is -3.13. The molecule has 4 rings (SSSR count). The van der Waals surface area contributed by atoms with Gasteiger partial charge in [-0.3, -0.25) is 4.98 Å². The van der Waals surface area contributed by atoms with Crippen LogP contribution in [0, 0.1) is 0 Å². The number of rotatable bonds is 4. The molecule has 1 atom stereocenters. The van der Waals surface area contributed by atoms with E-state index in [0.717, 1.165) is 0 Å². The zero-order valence-electron chi connectivity index (χ0n) is 14.9. The van der Waals surface area contributed by atoms with Gasteiger partial charge in [-0.25, -0.2) is 13.2 Å². The summed E-state index contributed by atoms with van der Waals surface area (Å²) in [5.41, 5.74) is 0.545. The van der Waals surface area contributed by atoms with Crippen molar-refractivity contribution in [2.75, 3.05) is 13.1 Å². The second kappa shape index (κ2) is 7.12. The summed E-state index contributed by atoms with van der Waals surface area (Å²) in [5.74, 6) is 0.512. The summed E-state index contributed by atoms with van der Waals surface area (Å²) in [6.45, 7) is 0.726. The molecular formula is C20H18N2O5S. The third-order valence-corrected chi connectivity index (χ3v) is 6.46. The number of hydrogen-bond donors (Lipinski definition) is 1. The molecule has 0 aliphatic carbocycles. The zero-order chi connectivity index (χ0) is 19.7. The number of ether oxygens (including phenoxy) is 1. The Kier molecular flexibility index (Phi) is 4.64. The van der Waals surface area contributed by atoms with Gasteiger partial charge in [-0.1, -0.05) is 30.3 Å². The molecule has 1 N–H and O–H groups in total. The molecule has 1 aromatic heterocycles. The van der Waals surface area contributed by atoms with E-state index in [2.05, 4.69) is 4.98 Å². The second-order valence-electron chi connectivity index (χ2n) is 6.57. The number of hydrogen-bond acceptors (Lipinski definition) is 5. The van der Waals surface area contributed by atoms with Gasteiger partial charge in [0.1, 0.15) is 17.4 Å². The Morgan fingerprint density at radius 1 is 1.11 bits per heavy atom. The average molecular weight is 398 g/mol. The molecule has 1 saturated heterocycles. The van der Waals surface area contributed by atoms with E-state index in [1.165, 1.54) is 11.1 Å². The summed E-state index contributed by atoms with van der Waals surface area (Å²) in [7, 11) is -3.66. The van der Waals surface area contributed by atoms with Crippen molar-refractivity contribution in [1.82, 2.24) is 9.88 Å². The van der Waals surface area contributed by atoms with E-state index in [4.69, 9.17) is 9.84 Å². The van der Waals surface area contributed by atoms with Gasteiger partial charge in [0.05, 0.1) is 16.3 Å². The molecule has 8 heteroatoms. The van der Waals surface area contributed by atoms with Crippen molar-refractivity contribution in [1.29, 1.82) is 0 Å². The first-order chi connectivity index (χ1) is 13.4. The van der Waals surface area contributed by atoms with E-state index in [0.29, 0.717) is 36.2 Å². The van der Waals surface area contributed by atoms with Gasteiger partial charge in [-0.05, 0) is 24.3 Å². The van der Waals surface area contributed by atoms with E-state index in [1.54, 1.807) is 54.6 Å². The highest BCUT2D eigenvalue weighted by molar-refractivity contribution is 7.91. The molecule has 2 heterocycles. The fourth-order valence-electron chi connectivity index (χ4n) is 3.27. The van der Waals surface area contributed by atoms with Gasteiger partial charge < -0.3 is 14.7 Å². The van der Waals surface area contributed by atoms with E-state index in [-0.39, 0.29) is 15.9 Å². The maximum Gasteiger partial charge on any atom is 0.407 e. The molecular weight excluding hydrogens is 380 g/mol. The van der Waals surface area contributed by atoms with Crippen LogP contribution in [0.3, 0.4) is 0 Å². The van der Waals surface area contributed by atoms with Crippen LogP contribution in [0.2, 0.25) is 0 Å². The van der Waals surface area contributed by atoms with Gasteiger partial charge in [0.2, 0.25) is 9.84 Å². The van der Waals surface area contributed by atoms with Crippen LogP contribution in [0.4, 0.5) is 4.79 Å². The van der Waals surface area contributed by atoms with Crippen LogP contribution in [0.15, 0.2) is 70.6 Å². The van der Waals surface area contributed by atoms with E-state index < -0.39 is 15.9 Å². The van der Waals surface area contributed by atoms with Crippen LogP contribution in [0.25, 0.3) is 10.9 Å². The second-order valence-corrected chi connectivity index (χ2v) is 8.52. The number of carboxylic acid groups (broad SMARTS) is 1. The molecule has 1 amide bonds. The summed E-state index contributed by atoms with van der Waals surface area (Å²) < 4.78 is 31.6. The van der Waals surface area contributed by atoms with Crippen LogP contribution >= 0.6 is 0 Å². The highest BCUT2D eigenvalue weighted by Gasteiger charge is 2.28. The smallest absolute Gasteiger partial charge is 0.407 e. The van der Waals surface area contributed by atoms with Crippen LogP contribution in [-0.2, 0) is 9.84 Å². The molecule has 7 nitrogen and oxygen atoms in total. The van der Waals surface area contributed by atoms with E-state index in [9.17, 15) is 13.2 Å². The van der Waals surface area contributed by atoms with Gasteiger partial charge in [0.15, 0.2) is 0 Å². The molecule has 144 valence electrons. The van der Waals surface area contributed by atoms with Gasteiger partial charge >= 0.3 is 6.09 Å². The highest BCUT2D eigenvalue weighted by atomic mass is 32.2. The van der Waals surface area contributed by atoms with Crippen molar-refractivity contribution in [2.45, 2.75) is 22.3 Å². The molecule has 0 saturated carbocycles. The molecule has 1 aliphatic heterocycles. The lowest BCUT2D eigenvalue weighted by Gasteiger charge is -2.16. The third kappa shape index (κ3) is 3.38. The number of amides is 1. The molecule has 2 aromatic carbocycles. The van der Waals surface area contributed by atoms with Crippen LogP contribution < -0.4 is 4.74 Å². The van der Waals surface area contributed by atoms with Crippen LogP contribution in [-0.4, -0.2) is 48.7 Å². The predicted molar refractivity (Wildman–Crippen MR) is 102 cm³/mol. The Labute approximate surface area is 162 Å². The molecule has 3 aromatic rings. The average Bonchev–Trinajstić information content (AvgIpc) is 3.17. The highest BCUT2D eigenvalue weighted by Crippen LogP contribution is 2.29. The van der Waals surface area contributed by atoms with Gasteiger partial charge in [-0.15, -0.1) is 0 Å². The first-order valence-electron chi connectivity index (χ1n) is 8.78. The lowest BCUT2D eigenvalue weighted by Crippen LogP contribution is -2.29. The molecule has 1 fully saturated rings. The van der Waals surface area contributed by atoms with Gasteiger partial charge in [0.25, 0.3) is 0 Å². The monoisotopic (exact) mass is 398 g/mol. The Morgan fingerprint density at radius 2 is 1.89 bits per heavy atom. The third-order valence-electron chi connectivity index (χ3n) is 4.72. The van der Waals surface area contributed by atoms with Gasteiger partial charge in [0, 0.05) is 24.5 Å². The Bertz CT molecular complexity index is 1130. The zero-order valence-corrected chi connectivity index (χ0v) is 15.7. The number of sulfone groups is 1. The summed E-state index contributed by atoms with van der Waals surface area (Å²) in [6, 6.07) is 15.1. The lowest BCUT2D eigenvalue weighted by molar-refractivity contribution is 0.146. The normalized spacial score (nSPS) is 17.0. The van der Waals surface area contributed by atoms with Crippen molar-refractivity contribution in [3.05, 3.63) is 60.8 Å². The van der Waals surface area contributed by atoms with E-state index >= 15 is 0 Å². The maximum atomic E-state index is 12.8. The predicted octanol–water partition coefficient (Wildman–Crippen LogP) is 3.20. The van der Waals surface area contributed by atoms with Crippen molar-refractivity contribution < 1.29 is 23.1 Å². The molecule has 28 heavy (non-hydrogen) atoms. The molecule has 0 radical (unpaired) electrons. The Morgan fingerprint density at radius 3 is 2.61 bits per heavy atom. The molecule has 0 unspecified atom stereocenters. The number of fused-ring (bicyclic) bond motifs is 1. The van der Waals surface area contributed by atoms with Crippen LogP contribution in [0.1, 0.15) is 6.42 Å². The number of benzene rings is 2. The van der Waals surface area contributed by atoms with Crippen molar-refractivity contribution >= 4 is 26.8 Å². The number of carbonyl (C=O) groups is 1. The fourth-order valence-corrected chi connectivity index (χ4v) is 4.53. The summed E-state index contributed by atoms with van der Waals surface area (Å²) >= 11 is 0. The van der Waals surface area contributed by atoms with Crippen molar-refractivity contribution in [3.8, 4) is 5.75 Å². The Balaban J connectivity index is 1.65. The number of para-hydroxylation sites is 1. The standard InChI is InChI=1S/C20H18N2O5S/c23-20(24)22-10-9-15(13-22)27-18-8-4-5-14-11-17(12-21-19(14)18)28(25,26)16-6-2-1-3-7-16/h1-8,11-12,15H,9-10,13H2,(H,23,24)/t15-/m1/s1. The quantitative estimate of drug-likeness (QED) is 0.725.